The highest BCUT2D eigenvalue weighted by Crippen LogP contribution is 2.35. The van der Waals surface area contributed by atoms with Gasteiger partial charge in [0.1, 0.15) is 13.2 Å². The number of morpholine rings is 1. The minimum Gasteiger partial charge on any atom is -0.486 e. The summed E-state index contributed by atoms with van der Waals surface area (Å²) in [7, 11) is 0. The second kappa shape index (κ2) is 6.66. The third-order valence-corrected chi connectivity index (χ3v) is 4.30. The Morgan fingerprint density at radius 2 is 1.83 bits per heavy atom. The molecule has 0 spiro atoms. The molecular weight excluding hydrogens is 294 g/mol. The molecular formula is C17H25N3O3. The van der Waals surface area contributed by atoms with Gasteiger partial charge in [-0.1, -0.05) is 19.9 Å². The first kappa shape index (κ1) is 15.9. The number of benzene rings is 1. The predicted molar refractivity (Wildman–Crippen MR) is 89.3 cm³/mol. The van der Waals surface area contributed by atoms with E-state index in [4.69, 9.17) is 19.9 Å². The van der Waals surface area contributed by atoms with E-state index in [9.17, 15) is 0 Å². The Morgan fingerprint density at radius 3 is 2.57 bits per heavy atom. The number of aliphatic imine (C=N–C) groups is 1. The number of ether oxygens (including phenoxy) is 3. The summed E-state index contributed by atoms with van der Waals surface area (Å²) in [5.74, 6) is 2.22. The van der Waals surface area contributed by atoms with E-state index < -0.39 is 0 Å². The predicted octanol–water partition coefficient (Wildman–Crippen LogP) is 1.38. The first-order valence-corrected chi connectivity index (χ1v) is 8.09. The Kier molecular flexibility index (Phi) is 4.61. The zero-order valence-corrected chi connectivity index (χ0v) is 13.9. The molecule has 126 valence electrons. The number of nitrogens with zero attached hydrogens (tertiary/aromatic N) is 2. The maximum atomic E-state index is 6.12. The zero-order chi connectivity index (χ0) is 16.3. The molecule has 0 aromatic heterocycles. The lowest BCUT2D eigenvalue weighted by molar-refractivity contribution is 0.0674. The lowest BCUT2D eigenvalue weighted by Gasteiger charge is -2.29. The van der Waals surface area contributed by atoms with E-state index in [-0.39, 0.29) is 5.41 Å². The number of hydrogen-bond acceptors (Lipinski definition) is 4. The van der Waals surface area contributed by atoms with Crippen molar-refractivity contribution in [3.63, 3.8) is 0 Å². The van der Waals surface area contributed by atoms with Crippen LogP contribution in [0.4, 0.5) is 0 Å². The normalized spacial score (nSPS) is 18.9. The molecule has 0 atom stereocenters. The van der Waals surface area contributed by atoms with Crippen LogP contribution in [0.15, 0.2) is 23.2 Å². The molecule has 6 nitrogen and oxygen atoms in total. The Balaban J connectivity index is 1.70. The first-order chi connectivity index (χ1) is 11.1. The van der Waals surface area contributed by atoms with E-state index in [1.54, 1.807) is 0 Å². The first-order valence-electron chi connectivity index (χ1n) is 8.09. The van der Waals surface area contributed by atoms with Crippen LogP contribution >= 0.6 is 0 Å². The van der Waals surface area contributed by atoms with E-state index in [0.29, 0.717) is 38.9 Å². The molecule has 0 amide bonds. The summed E-state index contributed by atoms with van der Waals surface area (Å²) >= 11 is 0. The van der Waals surface area contributed by atoms with Gasteiger partial charge in [0.05, 0.1) is 19.8 Å². The molecule has 3 rings (SSSR count). The Hall–Kier alpha value is -1.95. The lowest BCUT2D eigenvalue weighted by Crippen LogP contribution is -2.45. The molecule has 23 heavy (non-hydrogen) atoms. The maximum absolute atomic E-state index is 6.12. The van der Waals surface area contributed by atoms with Crippen LogP contribution in [0.1, 0.15) is 19.4 Å². The van der Waals surface area contributed by atoms with Crippen LogP contribution in [0.5, 0.6) is 11.5 Å². The number of nitrogens with two attached hydrogens (primary N) is 1. The van der Waals surface area contributed by atoms with Gasteiger partial charge in [-0.2, -0.15) is 0 Å². The van der Waals surface area contributed by atoms with Gasteiger partial charge in [-0.3, -0.25) is 4.99 Å². The average Bonchev–Trinajstić information content (AvgIpc) is 2.60. The van der Waals surface area contributed by atoms with Crippen LogP contribution < -0.4 is 15.2 Å². The van der Waals surface area contributed by atoms with Crippen LogP contribution in [0, 0.1) is 0 Å². The van der Waals surface area contributed by atoms with Crippen LogP contribution in [0.25, 0.3) is 0 Å². The number of hydrogen-bond donors (Lipinski definition) is 1. The fraction of sp³-hybridized carbons (Fsp3) is 0.588. The average molecular weight is 319 g/mol. The van der Waals surface area contributed by atoms with Crippen LogP contribution in [-0.4, -0.2) is 56.9 Å². The number of fused-ring (bicyclic) bond motifs is 1. The van der Waals surface area contributed by atoms with Gasteiger partial charge in [0, 0.05) is 18.5 Å². The van der Waals surface area contributed by atoms with Crippen molar-refractivity contribution >= 4 is 5.96 Å². The molecule has 0 aliphatic carbocycles. The minimum absolute atomic E-state index is 0.132. The number of rotatable bonds is 3. The summed E-state index contributed by atoms with van der Waals surface area (Å²) in [6.45, 7) is 9.18. The van der Waals surface area contributed by atoms with E-state index in [0.717, 1.165) is 24.6 Å². The van der Waals surface area contributed by atoms with E-state index >= 15 is 0 Å². The standard InChI is InChI=1S/C17H25N3O3/c1-17(2,12-19-16(18)20-5-7-21-8-6-20)13-3-4-14-15(11-13)23-10-9-22-14/h3-4,11H,5-10,12H2,1-2H3,(H2,18,19). The van der Waals surface area contributed by atoms with Crippen molar-refractivity contribution in [2.24, 2.45) is 10.7 Å². The Bertz CT molecular complexity index is 580. The van der Waals surface area contributed by atoms with Crippen molar-refractivity contribution in [3.05, 3.63) is 23.8 Å². The molecule has 0 radical (unpaired) electrons. The second-order valence-electron chi connectivity index (χ2n) is 6.52. The topological polar surface area (TPSA) is 69.3 Å². The van der Waals surface area contributed by atoms with Crippen LogP contribution in [0.3, 0.4) is 0 Å². The van der Waals surface area contributed by atoms with Crippen molar-refractivity contribution in [3.8, 4) is 11.5 Å². The highest BCUT2D eigenvalue weighted by Gasteiger charge is 2.24. The molecule has 0 unspecified atom stereocenters. The third-order valence-electron chi connectivity index (χ3n) is 4.30. The van der Waals surface area contributed by atoms with E-state index in [1.165, 1.54) is 5.56 Å². The summed E-state index contributed by atoms with van der Waals surface area (Å²) in [5.41, 5.74) is 7.15. The van der Waals surface area contributed by atoms with Crippen molar-refractivity contribution in [2.45, 2.75) is 19.3 Å². The van der Waals surface area contributed by atoms with Crippen molar-refractivity contribution in [2.75, 3.05) is 46.1 Å². The Morgan fingerprint density at radius 1 is 1.13 bits per heavy atom. The quantitative estimate of drug-likeness (QED) is 0.673. The van der Waals surface area contributed by atoms with Crippen LogP contribution in [0.2, 0.25) is 0 Å². The highest BCUT2D eigenvalue weighted by atomic mass is 16.6. The monoisotopic (exact) mass is 319 g/mol. The molecule has 2 heterocycles. The van der Waals surface area contributed by atoms with Gasteiger partial charge >= 0.3 is 0 Å². The molecule has 1 aromatic rings. The SMILES string of the molecule is CC(C)(CN=C(N)N1CCOCC1)c1ccc2c(c1)OCCO2. The fourth-order valence-corrected chi connectivity index (χ4v) is 2.73. The highest BCUT2D eigenvalue weighted by molar-refractivity contribution is 5.78. The van der Waals surface area contributed by atoms with Crippen molar-refractivity contribution in [1.82, 2.24) is 4.90 Å². The van der Waals surface area contributed by atoms with Gasteiger partial charge in [0.25, 0.3) is 0 Å². The van der Waals surface area contributed by atoms with E-state index in [1.807, 2.05) is 6.07 Å². The summed E-state index contributed by atoms with van der Waals surface area (Å²) in [6.07, 6.45) is 0. The van der Waals surface area contributed by atoms with Crippen molar-refractivity contribution < 1.29 is 14.2 Å². The molecule has 1 aromatic carbocycles. The zero-order valence-electron chi connectivity index (χ0n) is 13.9. The molecule has 0 saturated carbocycles. The van der Waals surface area contributed by atoms with Gasteiger partial charge in [0.2, 0.25) is 0 Å². The van der Waals surface area contributed by atoms with Gasteiger partial charge < -0.3 is 24.8 Å². The molecule has 2 N–H and O–H groups in total. The maximum Gasteiger partial charge on any atom is 0.191 e. The van der Waals surface area contributed by atoms with Crippen LogP contribution in [-0.2, 0) is 10.2 Å². The smallest absolute Gasteiger partial charge is 0.191 e. The van der Waals surface area contributed by atoms with E-state index in [2.05, 4.69) is 35.9 Å². The third kappa shape index (κ3) is 3.69. The van der Waals surface area contributed by atoms with Gasteiger partial charge in [-0.05, 0) is 17.7 Å². The lowest BCUT2D eigenvalue weighted by atomic mass is 9.84. The minimum atomic E-state index is -0.132. The summed E-state index contributed by atoms with van der Waals surface area (Å²) in [4.78, 5) is 6.67. The number of guanidine groups is 1. The molecule has 6 heteroatoms. The van der Waals surface area contributed by atoms with Gasteiger partial charge in [0.15, 0.2) is 17.5 Å². The fourth-order valence-electron chi connectivity index (χ4n) is 2.73. The van der Waals surface area contributed by atoms with Gasteiger partial charge in [-0.15, -0.1) is 0 Å². The van der Waals surface area contributed by atoms with Crippen molar-refractivity contribution in [1.29, 1.82) is 0 Å². The largest absolute Gasteiger partial charge is 0.486 e. The molecule has 2 aliphatic rings. The second-order valence-corrected chi connectivity index (χ2v) is 6.52. The molecule has 1 fully saturated rings. The molecule has 0 bridgehead atoms. The summed E-state index contributed by atoms with van der Waals surface area (Å²) in [5, 5.41) is 0. The molecule has 1 saturated heterocycles. The summed E-state index contributed by atoms with van der Waals surface area (Å²) < 4.78 is 16.6. The summed E-state index contributed by atoms with van der Waals surface area (Å²) in [6, 6.07) is 6.10. The van der Waals surface area contributed by atoms with Gasteiger partial charge in [-0.25, -0.2) is 0 Å². The Labute approximate surface area is 137 Å². The molecule has 2 aliphatic heterocycles.